The fourth-order valence-corrected chi connectivity index (χ4v) is 6.17. The molecule has 5 unspecified atom stereocenters. The van der Waals surface area contributed by atoms with E-state index < -0.39 is 29.4 Å². The molecule has 0 spiro atoms. The van der Waals surface area contributed by atoms with Gasteiger partial charge < -0.3 is 14.6 Å². The highest BCUT2D eigenvalue weighted by molar-refractivity contribution is 5.99. The molecule has 0 aromatic heterocycles. The second kappa shape index (κ2) is 11.3. The molecule has 5 rings (SSSR count). The highest BCUT2D eigenvalue weighted by Crippen LogP contribution is 2.56. The van der Waals surface area contributed by atoms with E-state index in [-0.39, 0.29) is 17.1 Å². The molecule has 5 atom stereocenters. The molecule has 0 radical (unpaired) electrons. The minimum atomic E-state index is -1.70. The van der Waals surface area contributed by atoms with Crippen LogP contribution in [0.4, 0.5) is 0 Å². The van der Waals surface area contributed by atoms with Crippen LogP contribution in [0.15, 0.2) is 109 Å². The lowest BCUT2D eigenvalue weighted by Crippen LogP contribution is -2.55. The van der Waals surface area contributed by atoms with E-state index in [0.29, 0.717) is 33.8 Å². The molecule has 0 saturated heterocycles. The predicted octanol–water partition coefficient (Wildman–Crippen LogP) is 6.01. The Hall–Kier alpha value is -4.49. The summed E-state index contributed by atoms with van der Waals surface area (Å²) in [4.78, 5) is 27.1. The number of carbonyl (C=O) groups is 1. The van der Waals surface area contributed by atoms with Crippen molar-refractivity contribution in [3.05, 3.63) is 142 Å². The van der Waals surface area contributed by atoms with E-state index in [1.165, 1.54) is 0 Å². The number of carbonyl (C=O) groups excluding carboxylic acids is 1. The average Bonchev–Trinajstić information content (AvgIpc) is 3.01. The summed E-state index contributed by atoms with van der Waals surface area (Å²) in [5.41, 5.74) is 0.523. The van der Waals surface area contributed by atoms with E-state index in [4.69, 9.17) is 9.47 Å². The van der Waals surface area contributed by atoms with Crippen molar-refractivity contribution in [3.8, 4) is 11.5 Å². The number of nitro groups is 1. The Morgan fingerprint density at radius 1 is 0.800 bits per heavy atom. The van der Waals surface area contributed by atoms with Crippen LogP contribution in [0.2, 0.25) is 0 Å². The van der Waals surface area contributed by atoms with Crippen LogP contribution in [0.25, 0.3) is 0 Å². The van der Waals surface area contributed by atoms with Crippen molar-refractivity contribution in [1.82, 2.24) is 0 Å². The summed E-state index contributed by atoms with van der Waals surface area (Å²) in [5.74, 6) is -1.89. The lowest BCUT2D eigenvalue weighted by atomic mass is 9.56. The first kappa shape index (κ1) is 27.1. The summed E-state index contributed by atoms with van der Waals surface area (Å²) < 4.78 is 10.6. The van der Waals surface area contributed by atoms with E-state index in [1.807, 2.05) is 24.3 Å². The molecule has 7 heteroatoms. The van der Waals surface area contributed by atoms with Crippen LogP contribution in [0.3, 0.4) is 0 Å². The van der Waals surface area contributed by atoms with Crippen LogP contribution < -0.4 is 9.47 Å². The van der Waals surface area contributed by atoms with Gasteiger partial charge in [-0.25, -0.2) is 0 Å². The quantitative estimate of drug-likeness (QED) is 0.168. The Morgan fingerprint density at radius 3 is 1.80 bits per heavy atom. The van der Waals surface area contributed by atoms with E-state index >= 15 is 0 Å². The number of benzene rings is 4. The van der Waals surface area contributed by atoms with Crippen molar-refractivity contribution in [1.29, 1.82) is 0 Å². The lowest BCUT2D eigenvalue weighted by Gasteiger charge is -2.48. The van der Waals surface area contributed by atoms with Crippen molar-refractivity contribution < 1.29 is 24.3 Å². The molecule has 1 aliphatic carbocycles. The number of rotatable bonds is 8. The molecule has 204 valence electrons. The van der Waals surface area contributed by atoms with Gasteiger partial charge >= 0.3 is 0 Å². The SMILES string of the molecule is COc1ccc(C2CC(O)(c3ccccc3)C(C(=O)c3ccccc3)C(c3ccc(OC)cc3)C2[N+](=O)[O-])cc1. The fourth-order valence-electron chi connectivity index (χ4n) is 6.17. The number of aliphatic hydroxyl groups is 1. The van der Waals surface area contributed by atoms with Gasteiger partial charge in [0.2, 0.25) is 6.04 Å². The normalized spacial score (nSPS) is 24.2. The van der Waals surface area contributed by atoms with Gasteiger partial charge in [-0.1, -0.05) is 84.9 Å². The Morgan fingerprint density at radius 2 is 1.30 bits per heavy atom. The topological polar surface area (TPSA) is 98.9 Å². The molecule has 0 aliphatic heterocycles. The summed E-state index contributed by atoms with van der Waals surface area (Å²) in [6.45, 7) is 0. The van der Waals surface area contributed by atoms with Gasteiger partial charge in [-0.3, -0.25) is 14.9 Å². The van der Waals surface area contributed by atoms with Gasteiger partial charge in [-0.05, 0) is 47.4 Å². The second-order valence-electron chi connectivity index (χ2n) is 10.2. The second-order valence-corrected chi connectivity index (χ2v) is 10.2. The van der Waals surface area contributed by atoms with Crippen molar-refractivity contribution in [2.45, 2.75) is 29.9 Å². The van der Waals surface area contributed by atoms with Crippen LogP contribution in [0, 0.1) is 16.0 Å². The third-order valence-corrected chi connectivity index (χ3v) is 8.09. The molecule has 7 nitrogen and oxygen atoms in total. The van der Waals surface area contributed by atoms with Crippen LogP contribution in [0.1, 0.15) is 45.3 Å². The molecular weight excluding hydrogens is 506 g/mol. The Balaban J connectivity index is 1.77. The van der Waals surface area contributed by atoms with Gasteiger partial charge in [0.05, 0.1) is 32.0 Å². The maximum atomic E-state index is 14.4. The van der Waals surface area contributed by atoms with Crippen molar-refractivity contribution >= 4 is 5.78 Å². The zero-order valence-electron chi connectivity index (χ0n) is 22.3. The van der Waals surface area contributed by atoms with E-state index in [0.717, 1.165) is 0 Å². The molecule has 1 fully saturated rings. The molecule has 4 aromatic rings. The minimum absolute atomic E-state index is 0.00904. The van der Waals surface area contributed by atoms with E-state index in [2.05, 4.69) is 0 Å². The maximum absolute atomic E-state index is 14.4. The molecule has 1 aliphatic rings. The van der Waals surface area contributed by atoms with E-state index in [1.54, 1.807) is 99.1 Å². The number of hydrogen-bond acceptors (Lipinski definition) is 6. The molecule has 40 heavy (non-hydrogen) atoms. The fraction of sp³-hybridized carbons (Fsp3) is 0.242. The number of hydrogen-bond donors (Lipinski definition) is 1. The first-order valence-electron chi connectivity index (χ1n) is 13.2. The summed E-state index contributed by atoms with van der Waals surface area (Å²) >= 11 is 0. The number of nitrogens with zero attached hydrogens (tertiary/aromatic N) is 1. The number of ether oxygens (including phenoxy) is 2. The minimum Gasteiger partial charge on any atom is -0.497 e. The first-order chi connectivity index (χ1) is 19.4. The van der Waals surface area contributed by atoms with Crippen LogP contribution in [-0.2, 0) is 5.60 Å². The first-order valence-corrected chi connectivity index (χ1v) is 13.2. The van der Waals surface area contributed by atoms with Crippen LogP contribution in [0.5, 0.6) is 11.5 Å². The third kappa shape index (κ3) is 4.96. The zero-order chi connectivity index (χ0) is 28.3. The molecule has 0 amide bonds. The monoisotopic (exact) mass is 537 g/mol. The smallest absolute Gasteiger partial charge is 0.227 e. The molecule has 4 aromatic carbocycles. The highest BCUT2D eigenvalue weighted by Gasteiger charge is 2.61. The standard InChI is InChI=1S/C33H31NO6/c1-39-26-17-13-22(14-18-26)28-21-33(36,25-11-7-4-8-12-25)30(32(35)24-9-5-3-6-10-24)29(31(28)34(37)38)23-15-19-27(40-2)20-16-23/h3-20,28-31,36H,21H2,1-2H3. The summed E-state index contributed by atoms with van der Waals surface area (Å²) in [7, 11) is 3.11. The van der Waals surface area contributed by atoms with Gasteiger partial charge in [-0.15, -0.1) is 0 Å². The van der Waals surface area contributed by atoms with Gasteiger partial charge in [0.25, 0.3) is 0 Å². The number of methoxy groups -OCH3 is 2. The predicted molar refractivity (Wildman–Crippen MR) is 151 cm³/mol. The summed E-state index contributed by atoms with van der Waals surface area (Å²) in [6.07, 6.45) is -0.00904. The Kier molecular flexibility index (Phi) is 7.67. The van der Waals surface area contributed by atoms with E-state index in [9.17, 15) is 20.0 Å². The Bertz CT molecular complexity index is 1460. The number of Topliss-reactive ketones (excluding diaryl/α,β-unsaturated/α-hetero) is 1. The number of ketones is 1. The molecule has 0 bridgehead atoms. The lowest BCUT2D eigenvalue weighted by molar-refractivity contribution is -0.538. The van der Waals surface area contributed by atoms with Crippen molar-refractivity contribution in [2.75, 3.05) is 14.2 Å². The average molecular weight is 538 g/mol. The maximum Gasteiger partial charge on any atom is 0.227 e. The summed E-state index contributed by atoms with van der Waals surface area (Å²) in [5, 5.41) is 25.7. The van der Waals surface area contributed by atoms with Gasteiger partial charge in [-0.2, -0.15) is 0 Å². The summed E-state index contributed by atoms with van der Waals surface area (Å²) in [6, 6.07) is 30.6. The van der Waals surface area contributed by atoms with Crippen molar-refractivity contribution in [3.63, 3.8) is 0 Å². The molecule has 1 saturated carbocycles. The van der Waals surface area contributed by atoms with Gasteiger partial charge in [0.15, 0.2) is 5.78 Å². The molecular formula is C33H31NO6. The van der Waals surface area contributed by atoms with Gasteiger partial charge in [0, 0.05) is 10.5 Å². The highest BCUT2D eigenvalue weighted by atomic mass is 16.6. The third-order valence-electron chi connectivity index (χ3n) is 8.09. The van der Waals surface area contributed by atoms with Crippen LogP contribution >= 0.6 is 0 Å². The van der Waals surface area contributed by atoms with Gasteiger partial charge in [0.1, 0.15) is 17.1 Å². The van der Waals surface area contributed by atoms with Crippen LogP contribution in [-0.4, -0.2) is 36.1 Å². The molecule has 0 heterocycles. The largest absolute Gasteiger partial charge is 0.497 e. The van der Waals surface area contributed by atoms with Crippen molar-refractivity contribution in [2.24, 2.45) is 5.92 Å². The zero-order valence-corrected chi connectivity index (χ0v) is 22.3. The molecule has 1 N–H and O–H groups in total. The Labute approximate surface area is 233 Å².